The molecule has 5 nitrogen and oxygen atoms in total. The van der Waals surface area contributed by atoms with Crippen LogP contribution in [0.5, 0.6) is 0 Å². The number of halogens is 1. The molecule has 20 heavy (non-hydrogen) atoms. The fraction of sp³-hybridized carbons (Fsp3) is 0.857. The minimum absolute atomic E-state index is 0. The van der Waals surface area contributed by atoms with E-state index in [9.17, 15) is 4.79 Å². The molecule has 0 aliphatic carbocycles. The molecule has 0 aromatic carbocycles. The van der Waals surface area contributed by atoms with Gasteiger partial charge in [0, 0.05) is 24.5 Å². The zero-order chi connectivity index (χ0) is 14.9. The van der Waals surface area contributed by atoms with Crippen LogP contribution in [0.25, 0.3) is 0 Å². The summed E-state index contributed by atoms with van der Waals surface area (Å²) < 4.78 is 0. The van der Waals surface area contributed by atoms with Crippen molar-refractivity contribution in [2.24, 2.45) is 4.99 Å². The lowest BCUT2D eigenvalue weighted by molar-refractivity contribution is -0.121. The molecule has 1 unspecified atom stereocenters. The van der Waals surface area contributed by atoms with Gasteiger partial charge in [-0.05, 0) is 41.0 Å². The molecule has 0 heterocycles. The van der Waals surface area contributed by atoms with E-state index in [1.54, 1.807) is 0 Å². The second kappa shape index (κ2) is 11.2. The third-order valence-electron chi connectivity index (χ3n) is 2.47. The second-order valence-electron chi connectivity index (χ2n) is 5.76. The molecule has 0 saturated heterocycles. The van der Waals surface area contributed by atoms with E-state index in [1.807, 2.05) is 13.8 Å². The van der Waals surface area contributed by atoms with Gasteiger partial charge in [-0.25, -0.2) is 0 Å². The van der Waals surface area contributed by atoms with Crippen molar-refractivity contribution in [3.8, 4) is 0 Å². The van der Waals surface area contributed by atoms with E-state index in [-0.39, 0.29) is 41.5 Å². The minimum Gasteiger partial charge on any atom is -0.357 e. The average molecular weight is 398 g/mol. The highest BCUT2D eigenvalue weighted by Crippen LogP contribution is 1.98. The second-order valence-corrected chi connectivity index (χ2v) is 5.76. The maximum Gasteiger partial charge on any atom is 0.222 e. The third-order valence-corrected chi connectivity index (χ3v) is 2.47. The van der Waals surface area contributed by atoms with Crippen LogP contribution >= 0.6 is 24.0 Å². The Kier molecular flexibility index (Phi) is 12.1. The SMILES string of the molecule is CCNC(=NCCC(=O)NC(C)CC)NC(C)(C)C.I. The van der Waals surface area contributed by atoms with Crippen LogP contribution in [-0.2, 0) is 4.79 Å². The standard InChI is InChI=1S/C14H30N4O.HI/c1-7-11(3)17-12(19)9-10-16-13(15-8-2)18-14(4,5)6;/h11H,7-10H2,1-6H3,(H,17,19)(H2,15,16,18);1H. The van der Waals surface area contributed by atoms with Gasteiger partial charge in [-0.15, -0.1) is 24.0 Å². The van der Waals surface area contributed by atoms with Crippen molar-refractivity contribution >= 4 is 35.8 Å². The summed E-state index contributed by atoms with van der Waals surface area (Å²) in [5, 5.41) is 9.40. The normalized spacial score (nSPS) is 13.2. The van der Waals surface area contributed by atoms with Crippen molar-refractivity contribution < 1.29 is 4.79 Å². The molecule has 0 aromatic heterocycles. The van der Waals surface area contributed by atoms with Crippen molar-refractivity contribution in [2.75, 3.05) is 13.1 Å². The molecule has 120 valence electrons. The van der Waals surface area contributed by atoms with Crippen molar-refractivity contribution in [3.05, 3.63) is 0 Å². The number of rotatable bonds is 6. The summed E-state index contributed by atoms with van der Waals surface area (Å²) in [6, 6.07) is 0.234. The molecule has 1 amide bonds. The van der Waals surface area contributed by atoms with Crippen molar-refractivity contribution in [1.82, 2.24) is 16.0 Å². The van der Waals surface area contributed by atoms with E-state index in [0.717, 1.165) is 18.9 Å². The van der Waals surface area contributed by atoms with Gasteiger partial charge in [-0.2, -0.15) is 0 Å². The van der Waals surface area contributed by atoms with E-state index in [0.29, 0.717) is 13.0 Å². The Morgan fingerprint density at radius 3 is 2.30 bits per heavy atom. The summed E-state index contributed by atoms with van der Waals surface area (Å²) in [5.41, 5.74) is -0.0417. The van der Waals surface area contributed by atoms with Gasteiger partial charge in [0.2, 0.25) is 5.91 Å². The van der Waals surface area contributed by atoms with Gasteiger partial charge in [0.15, 0.2) is 5.96 Å². The highest BCUT2D eigenvalue weighted by atomic mass is 127. The Morgan fingerprint density at radius 2 is 1.85 bits per heavy atom. The zero-order valence-corrected chi connectivity index (χ0v) is 16.0. The number of carbonyl (C=O) groups excluding carboxylic acids is 1. The first-order valence-electron chi connectivity index (χ1n) is 7.14. The smallest absolute Gasteiger partial charge is 0.222 e. The highest BCUT2D eigenvalue weighted by molar-refractivity contribution is 14.0. The molecule has 0 aliphatic heterocycles. The molecule has 0 radical (unpaired) electrons. The predicted molar refractivity (Wildman–Crippen MR) is 96.8 cm³/mol. The van der Waals surface area contributed by atoms with Gasteiger partial charge in [-0.1, -0.05) is 6.92 Å². The van der Waals surface area contributed by atoms with Crippen LogP contribution < -0.4 is 16.0 Å². The van der Waals surface area contributed by atoms with E-state index in [1.165, 1.54) is 0 Å². The fourth-order valence-electron chi connectivity index (χ4n) is 1.38. The zero-order valence-electron chi connectivity index (χ0n) is 13.7. The van der Waals surface area contributed by atoms with Gasteiger partial charge < -0.3 is 16.0 Å². The lowest BCUT2D eigenvalue weighted by atomic mass is 10.1. The number of nitrogens with zero attached hydrogens (tertiary/aromatic N) is 1. The van der Waals surface area contributed by atoms with Crippen molar-refractivity contribution in [1.29, 1.82) is 0 Å². The molecule has 0 bridgehead atoms. The lowest BCUT2D eigenvalue weighted by Gasteiger charge is -2.23. The van der Waals surface area contributed by atoms with Gasteiger partial charge in [0.25, 0.3) is 0 Å². The summed E-state index contributed by atoms with van der Waals surface area (Å²) in [6.07, 6.45) is 1.37. The number of hydrogen-bond acceptors (Lipinski definition) is 2. The molecule has 0 aliphatic rings. The van der Waals surface area contributed by atoms with Crippen molar-refractivity contribution in [3.63, 3.8) is 0 Å². The molecule has 3 N–H and O–H groups in total. The molecule has 1 atom stereocenters. The van der Waals surface area contributed by atoms with Crippen LogP contribution in [0.3, 0.4) is 0 Å². The Balaban J connectivity index is 0. The van der Waals surface area contributed by atoms with Gasteiger partial charge in [-0.3, -0.25) is 9.79 Å². The first kappa shape index (κ1) is 21.8. The first-order valence-corrected chi connectivity index (χ1v) is 7.14. The van der Waals surface area contributed by atoms with Crippen molar-refractivity contribution in [2.45, 2.75) is 66.0 Å². The molecular weight excluding hydrogens is 367 g/mol. The Bertz CT molecular complexity index is 300. The molecule has 0 spiro atoms. The summed E-state index contributed by atoms with van der Waals surface area (Å²) in [5.74, 6) is 0.816. The van der Waals surface area contributed by atoms with Crippen LogP contribution in [0, 0.1) is 0 Å². The van der Waals surface area contributed by atoms with Crippen LogP contribution in [0.2, 0.25) is 0 Å². The summed E-state index contributed by atoms with van der Waals surface area (Å²) in [7, 11) is 0. The molecule has 0 aromatic rings. The Hall–Kier alpha value is -0.530. The maximum atomic E-state index is 11.6. The number of nitrogens with one attached hydrogen (secondary N) is 3. The molecule has 0 fully saturated rings. The number of hydrogen-bond donors (Lipinski definition) is 3. The summed E-state index contributed by atoms with van der Waals surface area (Å²) >= 11 is 0. The van der Waals surface area contributed by atoms with Gasteiger partial charge >= 0.3 is 0 Å². The Morgan fingerprint density at radius 1 is 1.25 bits per heavy atom. The van der Waals surface area contributed by atoms with Gasteiger partial charge in [0.05, 0.1) is 6.54 Å². The topological polar surface area (TPSA) is 65.5 Å². The van der Waals surface area contributed by atoms with Crippen LogP contribution in [0.4, 0.5) is 0 Å². The molecule has 0 saturated carbocycles. The van der Waals surface area contributed by atoms with E-state index >= 15 is 0 Å². The fourth-order valence-corrected chi connectivity index (χ4v) is 1.38. The molecule has 6 heteroatoms. The predicted octanol–water partition coefficient (Wildman–Crippen LogP) is 2.26. The quantitative estimate of drug-likeness (QED) is 0.365. The van der Waals surface area contributed by atoms with Crippen LogP contribution in [-0.4, -0.2) is 36.5 Å². The molecule has 0 rings (SSSR count). The number of amides is 1. The van der Waals surface area contributed by atoms with E-state index < -0.39 is 0 Å². The first-order chi connectivity index (χ1) is 8.78. The number of aliphatic imine (C=N–C) groups is 1. The van der Waals surface area contributed by atoms with Gasteiger partial charge in [0.1, 0.15) is 0 Å². The largest absolute Gasteiger partial charge is 0.357 e. The number of guanidine groups is 1. The van der Waals surface area contributed by atoms with Crippen LogP contribution in [0.15, 0.2) is 4.99 Å². The van der Waals surface area contributed by atoms with E-state index in [4.69, 9.17) is 0 Å². The third kappa shape index (κ3) is 12.5. The summed E-state index contributed by atoms with van der Waals surface area (Å²) in [6.45, 7) is 13.6. The highest BCUT2D eigenvalue weighted by Gasteiger charge is 2.11. The molecular formula is C14H31IN4O. The van der Waals surface area contributed by atoms with Crippen LogP contribution in [0.1, 0.15) is 54.4 Å². The summed E-state index contributed by atoms with van der Waals surface area (Å²) in [4.78, 5) is 16.0. The minimum atomic E-state index is -0.0417. The van der Waals surface area contributed by atoms with E-state index in [2.05, 4.69) is 48.6 Å². The lowest BCUT2D eigenvalue weighted by Crippen LogP contribution is -2.47. The maximum absolute atomic E-state index is 11.6. The average Bonchev–Trinajstić information content (AvgIpc) is 2.26. The Labute approximate surface area is 140 Å². The number of carbonyl (C=O) groups is 1. The monoisotopic (exact) mass is 398 g/mol.